The Balaban J connectivity index is 2.50. The molecule has 0 N–H and O–H groups in total. The van der Waals surface area contributed by atoms with E-state index in [-0.39, 0.29) is 34.5 Å². The second-order valence-electron chi connectivity index (χ2n) is 4.20. The zero-order valence-electron chi connectivity index (χ0n) is 11.2. The first-order valence-corrected chi connectivity index (χ1v) is 6.30. The second-order valence-corrected chi connectivity index (χ2v) is 4.54. The smallest absolute Gasteiger partial charge is 0.321 e. The highest BCUT2D eigenvalue weighted by Crippen LogP contribution is 2.28. The van der Waals surface area contributed by atoms with Crippen LogP contribution in [0.5, 0.6) is 11.8 Å². The summed E-state index contributed by atoms with van der Waals surface area (Å²) in [6.07, 6.45) is -0.128. The van der Waals surface area contributed by atoms with Crippen LogP contribution in [-0.4, -0.2) is 28.2 Å². The van der Waals surface area contributed by atoms with Gasteiger partial charge in [0.25, 0.3) is 0 Å². The molecule has 0 bridgehead atoms. The molecule has 5 nitrogen and oxygen atoms in total. The van der Waals surface area contributed by atoms with Gasteiger partial charge in [0, 0.05) is 0 Å². The molecule has 1 heterocycles. The molecule has 2 aromatic rings. The molecular formula is C13H13ClFN3O2. The second kappa shape index (κ2) is 6.00. The summed E-state index contributed by atoms with van der Waals surface area (Å²) in [4.78, 5) is 11.8. The van der Waals surface area contributed by atoms with Crippen LogP contribution < -0.4 is 9.47 Å². The lowest BCUT2D eigenvalue weighted by molar-refractivity contribution is 0.222. The molecule has 0 saturated carbocycles. The fourth-order valence-electron chi connectivity index (χ4n) is 1.56. The number of hydrogen-bond donors (Lipinski definition) is 0. The Morgan fingerprint density at radius 1 is 1.20 bits per heavy atom. The predicted molar refractivity (Wildman–Crippen MR) is 72.5 cm³/mol. The summed E-state index contributed by atoms with van der Waals surface area (Å²) < 4.78 is 24.5. The third kappa shape index (κ3) is 3.14. The van der Waals surface area contributed by atoms with Gasteiger partial charge >= 0.3 is 6.01 Å². The van der Waals surface area contributed by atoms with Crippen molar-refractivity contribution in [2.45, 2.75) is 20.0 Å². The lowest BCUT2D eigenvalue weighted by Gasteiger charge is -2.10. The van der Waals surface area contributed by atoms with Gasteiger partial charge in [-0.2, -0.15) is 15.0 Å². The largest absolute Gasteiger partial charge is 0.494 e. The van der Waals surface area contributed by atoms with Crippen molar-refractivity contribution in [1.29, 1.82) is 0 Å². The van der Waals surface area contributed by atoms with Gasteiger partial charge in [0.15, 0.2) is 17.4 Å². The first-order valence-electron chi connectivity index (χ1n) is 5.92. The average Bonchev–Trinajstić information content (AvgIpc) is 2.37. The molecule has 0 unspecified atom stereocenters. The average molecular weight is 298 g/mol. The van der Waals surface area contributed by atoms with E-state index in [0.717, 1.165) is 0 Å². The van der Waals surface area contributed by atoms with E-state index in [4.69, 9.17) is 21.1 Å². The molecule has 0 aliphatic carbocycles. The van der Waals surface area contributed by atoms with E-state index >= 15 is 0 Å². The van der Waals surface area contributed by atoms with E-state index < -0.39 is 5.82 Å². The summed E-state index contributed by atoms with van der Waals surface area (Å²) >= 11 is 5.81. The van der Waals surface area contributed by atoms with Crippen LogP contribution in [0.15, 0.2) is 18.2 Å². The molecule has 0 amide bonds. The molecule has 0 aliphatic rings. The van der Waals surface area contributed by atoms with E-state index in [9.17, 15) is 4.39 Å². The van der Waals surface area contributed by atoms with Crippen LogP contribution in [0.3, 0.4) is 0 Å². The van der Waals surface area contributed by atoms with Crippen molar-refractivity contribution >= 4 is 11.6 Å². The van der Waals surface area contributed by atoms with Gasteiger partial charge in [-0.1, -0.05) is 6.07 Å². The van der Waals surface area contributed by atoms with Gasteiger partial charge in [0.2, 0.25) is 5.28 Å². The maximum Gasteiger partial charge on any atom is 0.321 e. The van der Waals surface area contributed by atoms with Gasteiger partial charge in [-0.3, -0.25) is 0 Å². The molecule has 20 heavy (non-hydrogen) atoms. The van der Waals surface area contributed by atoms with Gasteiger partial charge in [-0.05, 0) is 37.6 Å². The van der Waals surface area contributed by atoms with E-state index in [1.807, 2.05) is 13.8 Å². The van der Waals surface area contributed by atoms with Gasteiger partial charge in [-0.15, -0.1) is 0 Å². The Hall–Kier alpha value is -1.95. The van der Waals surface area contributed by atoms with Crippen molar-refractivity contribution in [3.63, 3.8) is 0 Å². The van der Waals surface area contributed by atoms with Gasteiger partial charge < -0.3 is 9.47 Å². The first-order chi connectivity index (χ1) is 9.51. The molecule has 106 valence electrons. The number of ether oxygens (including phenoxy) is 2. The number of hydrogen-bond acceptors (Lipinski definition) is 5. The quantitative estimate of drug-likeness (QED) is 0.868. The number of nitrogens with zero attached hydrogens (tertiary/aromatic N) is 3. The fraction of sp³-hybridized carbons (Fsp3) is 0.308. The molecule has 7 heteroatoms. The Bertz CT molecular complexity index is 623. The monoisotopic (exact) mass is 297 g/mol. The molecule has 0 aliphatic heterocycles. The summed E-state index contributed by atoms with van der Waals surface area (Å²) in [5.74, 6) is -0.366. The van der Waals surface area contributed by atoms with Crippen LogP contribution in [0, 0.1) is 5.82 Å². The van der Waals surface area contributed by atoms with Crippen LogP contribution in [-0.2, 0) is 0 Å². The standard InChI is InChI=1S/C13H13ClFN3O2/c1-7(2)20-13-17-11(16-12(14)18-13)8-5-4-6-9(19-3)10(8)15/h4-7H,1-3H3. The number of rotatable bonds is 4. The normalized spacial score (nSPS) is 10.7. The zero-order chi connectivity index (χ0) is 14.7. The SMILES string of the molecule is COc1cccc(-c2nc(Cl)nc(OC(C)C)n2)c1F. The van der Waals surface area contributed by atoms with Crippen molar-refractivity contribution in [2.75, 3.05) is 7.11 Å². The molecule has 1 aromatic carbocycles. The van der Waals surface area contributed by atoms with Crippen LogP contribution >= 0.6 is 11.6 Å². The number of benzene rings is 1. The van der Waals surface area contributed by atoms with E-state index in [0.29, 0.717) is 0 Å². The van der Waals surface area contributed by atoms with Gasteiger partial charge in [-0.25, -0.2) is 4.39 Å². The number of methoxy groups -OCH3 is 1. The van der Waals surface area contributed by atoms with Crippen molar-refractivity contribution < 1.29 is 13.9 Å². The van der Waals surface area contributed by atoms with Gasteiger partial charge in [0.05, 0.1) is 18.8 Å². The molecule has 0 radical (unpaired) electrons. The van der Waals surface area contributed by atoms with Crippen molar-refractivity contribution in [3.05, 3.63) is 29.3 Å². The highest BCUT2D eigenvalue weighted by atomic mass is 35.5. The van der Waals surface area contributed by atoms with Crippen LogP contribution in [0.1, 0.15) is 13.8 Å². The molecule has 0 fully saturated rings. The third-order valence-corrected chi connectivity index (χ3v) is 2.52. The predicted octanol–water partition coefficient (Wildman–Crippen LogP) is 3.13. The molecule has 0 atom stereocenters. The summed E-state index contributed by atoms with van der Waals surface area (Å²) in [5.41, 5.74) is 0.169. The molecule has 0 saturated heterocycles. The lowest BCUT2D eigenvalue weighted by Crippen LogP contribution is -2.10. The number of halogens is 2. The summed E-state index contributed by atoms with van der Waals surface area (Å²) in [5, 5.41) is -0.0622. The lowest BCUT2D eigenvalue weighted by atomic mass is 10.2. The highest BCUT2D eigenvalue weighted by Gasteiger charge is 2.15. The zero-order valence-corrected chi connectivity index (χ0v) is 12.0. The minimum Gasteiger partial charge on any atom is -0.494 e. The maximum atomic E-state index is 14.2. The van der Waals surface area contributed by atoms with Gasteiger partial charge in [0.1, 0.15) is 0 Å². The fourth-order valence-corrected chi connectivity index (χ4v) is 1.71. The molecule has 2 rings (SSSR count). The van der Waals surface area contributed by atoms with Crippen LogP contribution in [0.25, 0.3) is 11.4 Å². The third-order valence-electron chi connectivity index (χ3n) is 2.35. The maximum absolute atomic E-state index is 14.2. The van der Waals surface area contributed by atoms with Crippen molar-refractivity contribution in [2.24, 2.45) is 0 Å². The molecule has 0 spiro atoms. The Morgan fingerprint density at radius 2 is 1.95 bits per heavy atom. The van der Waals surface area contributed by atoms with Crippen molar-refractivity contribution in [1.82, 2.24) is 15.0 Å². The summed E-state index contributed by atoms with van der Waals surface area (Å²) in [6.45, 7) is 3.65. The summed E-state index contributed by atoms with van der Waals surface area (Å²) in [6, 6.07) is 4.73. The van der Waals surface area contributed by atoms with Crippen LogP contribution in [0.2, 0.25) is 5.28 Å². The topological polar surface area (TPSA) is 57.1 Å². The summed E-state index contributed by atoms with van der Waals surface area (Å²) in [7, 11) is 1.38. The minimum atomic E-state index is -0.562. The molecular weight excluding hydrogens is 285 g/mol. The Labute approximate surface area is 120 Å². The minimum absolute atomic E-state index is 0.0530. The van der Waals surface area contributed by atoms with E-state index in [1.54, 1.807) is 6.07 Å². The van der Waals surface area contributed by atoms with E-state index in [2.05, 4.69) is 15.0 Å². The Morgan fingerprint density at radius 3 is 2.60 bits per heavy atom. The highest BCUT2D eigenvalue weighted by molar-refractivity contribution is 6.28. The first kappa shape index (κ1) is 14.5. The van der Waals surface area contributed by atoms with Crippen molar-refractivity contribution in [3.8, 4) is 23.1 Å². The Kier molecular flexibility index (Phi) is 4.34. The van der Waals surface area contributed by atoms with E-state index in [1.165, 1.54) is 19.2 Å². The van der Waals surface area contributed by atoms with Crippen LogP contribution in [0.4, 0.5) is 4.39 Å². The molecule has 1 aromatic heterocycles. The number of aromatic nitrogens is 3.